The van der Waals surface area contributed by atoms with Gasteiger partial charge in [-0.15, -0.1) is 0 Å². The van der Waals surface area contributed by atoms with Crippen molar-refractivity contribution in [2.75, 3.05) is 18.5 Å². The molecular formula is C26H43N5O3. The van der Waals surface area contributed by atoms with Crippen LogP contribution in [0.15, 0.2) is 11.1 Å². The molecule has 0 bridgehead atoms. The molecule has 0 aromatic carbocycles. The first-order valence-corrected chi connectivity index (χ1v) is 13.1. The summed E-state index contributed by atoms with van der Waals surface area (Å²) in [5.74, 6) is 1.68. The Morgan fingerprint density at radius 3 is 2.50 bits per heavy atom. The second kappa shape index (κ2) is 10.2. The number of hydrogen-bond donors (Lipinski definition) is 3. The van der Waals surface area contributed by atoms with E-state index in [0.717, 1.165) is 50.9 Å². The van der Waals surface area contributed by atoms with Gasteiger partial charge in [0.2, 0.25) is 5.96 Å². The second-order valence-electron chi connectivity index (χ2n) is 11.3. The van der Waals surface area contributed by atoms with Gasteiger partial charge in [-0.25, -0.2) is 9.79 Å². The Bertz CT molecular complexity index is 887. The molecule has 8 nitrogen and oxygen atoms in total. The molecule has 1 saturated heterocycles. The summed E-state index contributed by atoms with van der Waals surface area (Å²) in [6.07, 6.45) is 6.26. The summed E-state index contributed by atoms with van der Waals surface area (Å²) >= 11 is 0. The Labute approximate surface area is 204 Å². The van der Waals surface area contributed by atoms with Crippen LogP contribution in [-0.4, -0.2) is 57.6 Å². The number of carbonyl (C=O) groups excluding carboxylic acids is 1. The molecule has 1 amide bonds. The van der Waals surface area contributed by atoms with Crippen LogP contribution in [0.3, 0.4) is 0 Å². The van der Waals surface area contributed by atoms with Crippen molar-refractivity contribution in [3.63, 3.8) is 0 Å². The fourth-order valence-corrected chi connectivity index (χ4v) is 5.32. The maximum atomic E-state index is 12.5. The number of amides is 1. The van der Waals surface area contributed by atoms with Crippen LogP contribution in [0.4, 0.5) is 4.79 Å². The van der Waals surface area contributed by atoms with Crippen molar-refractivity contribution in [3.05, 3.63) is 23.0 Å². The summed E-state index contributed by atoms with van der Waals surface area (Å²) in [4.78, 5) is 19.2. The third-order valence-corrected chi connectivity index (χ3v) is 7.47. The van der Waals surface area contributed by atoms with E-state index in [1.165, 1.54) is 17.0 Å². The maximum Gasteiger partial charge on any atom is 0.410 e. The Morgan fingerprint density at radius 2 is 1.88 bits per heavy atom. The number of guanidine groups is 1. The minimum atomic E-state index is -0.470. The summed E-state index contributed by atoms with van der Waals surface area (Å²) in [5, 5.41) is 13.5. The largest absolute Gasteiger partial charge is 0.444 e. The van der Waals surface area contributed by atoms with Gasteiger partial charge in [0.1, 0.15) is 5.60 Å². The van der Waals surface area contributed by atoms with E-state index in [1.807, 2.05) is 25.7 Å². The quantitative estimate of drug-likeness (QED) is 0.602. The maximum absolute atomic E-state index is 12.5. The molecule has 3 N–H and O–H groups in total. The van der Waals surface area contributed by atoms with E-state index in [1.54, 1.807) is 0 Å². The highest BCUT2D eigenvalue weighted by Gasteiger charge is 2.33. The monoisotopic (exact) mass is 473 g/mol. The Morgan fingerprint density at radius 1 is 1.21 bits per heavy atom. The molecule has 1 saturated carbocycles. The molecule has 2 fully saturated rings. The minimum absolute atomic E-state index is 0.166. The van der Waals surface area contributed by atoms with Crippen LogP contribution in [0.5, 0.6) is 0 Å². The van der Waals surface area contributed by atoms with E-state index in [2.05, 4.69) is 35.3 Å². The van der Waals surface area contributed by atoms with Crippen LogP contribution in [0.25, 0.3) is 0 Å². The molecule has 1 aromatic rings. The molecule has 8 heteroatoms. The first-order chi connectivity index (χ1) is 16.1. The lowest BCUT2D eigenvalue weighted by atomic mass is 9.84. The van der Waals surface area contributed by atoms with Gasteiger partial charge in [-0.3, -0.25) is 10.1 Å². The van der Waals surface area contributed by atoms with Crippen LogP contribution in [0, 0.1) is 0 Å². The molecule has 0 spiro atoms. The average molecular weight is 474 g/mol. The van der Waals surface area contributed by atoms with Gasteiger partial charge in [-0.2, -0.15) is 0 Å². The van der Waals surface area contributed by atoms with Crippen LogP contribution in [0.1, 0.15) is 108 Å². The number of aliphatic imine (C=N–C) groups is 1. The number of likely N-dealkylation sites (tertiary alicyclic amines) is 1. The number of nitrogens with zero attached hydrogens (tertiary/aromatic N) is 3. The molecule has 34 heavy (non-hydrogen) atoms. The average Bonchev–Trinajstić information content (AvgIpc) is 3.17. The smallest absolute Gasteiger partial charge is 0.410 e. The number of ether oxygens (including phenoxy) is 1. The van der Waals surface area contributed by atoms with Crippen LogP contribution in [0.2, 0.25) is 0 Å². The number of carbonyl (C=O) groups is 1. The van der Waals surface area contributed by atoms with Gasteiger partial charge in [0.15, 0.2) is 0 Å². The van der Waals surface area contributed by atoms with Crippen molar-refractivity contribution in [1.82, 2.24) is 14.9 Å². The number of aliphatic hydroxyl groups excluding tert-OH is 1. The van der Waals surface area contributed by atoms with Gasteiger partial charge >= 0.3 is 6.09 Å². The van der Waals surface area contributed by atoms with E-state index in [4.69, 9.17) is 9.73 Å². The standard InChI is InChI=1S/C26H43N5O3/c1-6-17(2)28-24-27-16-23-21(15-22(31(23)29-24)19-7-9-20(32)10-8-19)18-11-13-30(14-12-18)25(33)34-26(3,4)5/h15,17-20,32H,6-14,16H2,1-5H3,(H2,27,28,29)/t17-,19?,20?/m0/s1. The van der Waals surface area contributed by atoms with Crippen molar-refractivity contribution in [1.29, 1.82) is 0 Å². The zero-order valence-electron chi connectivity index (χ0n) is 21.6. The topological polar surface area (TPSA) is 91.1 Å². The van der Waals surface area contributed by atoms with Crippen molar-refractivity contribution >= 4 is 12.1 Å². The molecule has 1 aromatic heterocycles. The first-order valence-electron chi connectivity index (χ1n) is 13.1. The summed E-state index contributed by atoms with van der Waals surface area (Å²) in [7, 11) is 0. The lowest BCUT2D eigenvalue weighted by Gasteiger charge is -2.34. The highest BCUT2D eigenvalue weighted by Crippen LogP contribution is 2.39. The SMILES string of the molecule is CC[C@H](C)NC1=NCc2c(C3CCN(C(=O)OC(C)(C)C)CC3)cc(C3CCC(O)CC3)n2N1. The van der Waals surface area contributed by atoms with Crippen molar-refractivity contribution in [3.8, 4) is 0 Å². The van der Waals surface area contributed by atoms with Crippen LogP contribution >= 0.6 is 0 Å². The zero-order chi connectivity index (χ0) is 24.5. The third-order valence-electron chi connectivity index (χ3n) is 7.47. The molecule has 3 aliphatic rings. The van der Waals surface area contributed by atoms with Crippen LogP contribution < -0.4 is 10.7 Å². The molecule has 190 valence electrons. The lowest BCUT2D eigenvalue weighted by molar-refractivity contribution is 0.0204. The van der Waals surface area contributed by atoms with E-state index in [0.29, 0.717) is 37.5 Å². The lowest BCUT2D eigenvalue weighted by Crippen LogP contribution is -2.44. The Kier molecular flexibility index (Phi) is 7.45. The van der Waals surface area contributed by atoms with Crippen molar-refractivity contribution < 1.29 is 14.6 Å². The predicted molar refractivity (Wildman–Crippen MR) is 135 cm³/mol. The number of aliphatic hydroxyl groups is 1. The van der Waals surface area contributed by atoms with Gasteiger partial charge in [-0.05, 0) is 90.2 Å². The van der Waals surface area contributed by atoms with E-state index < -0.39 is 5.60 Å². The minimum Gasteiger partial charge on any atom is -0.444 e. The van der Waals surface area contributed by atoms with Crippen molar-refractivity contribution in [2.24, 2.45) is 4.99 Å². The van der Waals surface area contributed by atoms with E-state index in [-0.39, 0.29) is 12.2 Å². The van der Waals surface area contributed by atoms with E-state index >= 15 is 0 Å². The molecular weight excluding hydrogens is 430 g/mol. The summed E-state index contributed by atoms with van der Waals surface area (Å²) in [6, 6.07) is 2.74. The molecule has 1 atom stereocenters. The zero-order valence-corrected chi connectivity index (χ0v) is 21.6. The third kappa shape index (κ3) is 5.70. The predicted octanol–water partition coefficient (Wildman–Crippen LogP) is 4.42. The highest BCUT2D eigenvalue weighted by atomic mass is 16.6. The Hall–Kier alpha value is -2.22. The fraction of sp³-hybridized carbons (Fsp3) is 0.769. The molecule has 4 rings (SSSR count). The highest BCUT2D eigenvalue weighted by molar-refractivity contribution is 5.88. The van der Waals surface area contributed by atoms with Gasteiger partial charge in [0.05, 0.1) is 18.3 Å². The number of fused-ring (bicyclic) bond motifs is 1. The molecule has 1 aliphatic carbocycles. The van der Waals surface area contributed by atoms with Gasteiger partial charge in [0, 0.05) is 30.7 Å². The van der Waals surface area contributed by atoms with E-state index in [9.17, 15) is 9.90 Å². The molecule has 0 radical (unpaired) electrons. The fourth-order valence-electron chi connectivity index (χ4n) is 5.32. The summed E-state index contributed by atoms with van der Waals surface area (Å²) < 4.78 is 7.85. The Balaban J connectivity index is 1.52. The molecule has 2 aliphatic heterocycles. The normalized spacial score (nSPS) is 24.6. The summed E-state index contributed by atoms with van der Waals surface area (Å²) in [6.45, 7) is 12.2. The second-order valence-corrected chi connectivity index (χ2v) is 11.3. The van der Waals surface area contributed by atoms with Crippen LogP contribution in [-0.2, 0) is 11.3 Å². The number of nitrogens with one attached hydrogen (secondary N) is 2. The summed E-state index contributed by atoms with van der Waals surface area (Å²) in [5.41, 5.74) is 7.01. The van der Waals surface area contributed by atoms with Gasteiger partial charge < -0.3 is 20.1 Å². The number of piperidine rings is 1. The molecule has 0 unspecified atom stereocenters. The van der Waals surface area contributed by atoms with Gasteiger partial charge in [0.25, 0.3) is 0 Å². The number of aromatic nitrogens is 1. The number of rotatable bonds is 4. The van der Waals surface area contributed by atoms with Crippen molar-refractivity contribution in [2.45, 2.75) is 116 Å². The first kappa shape index (κ1) is 24.9. The number of hydrogen-bond acceptors (Lipinski definition) is 6. The molecule has 3 heterocycles. The van der Waals surface area contributed by atoms with Gasteiger partial charge in [-0.1, -0.05) is 6.92 Å².